The van der Waals surface area contributed by atoms with Gasteiger partial charge in [0, 0.05) is 30.6 Å². The van der Waals surface area contributed by atoms with Crippen LogP contribution in [0.3, 0.4) is 0 Å². The van der Waals surface area contributed by atoms with Crippen molar-refractivity contribution < 1.29 is 13.9 Å². The number of amides is 1. The zero-order valence-electron chi connectivity index (χ0n) is 16.6. The molecule has 1 aromatic heterocycles. The molecule has 2 aliphatic rings. The molecule has 1 aliphatic carbocycles. The Hall–Kier alpha value is -2.70. The molecule has 0 spiro atoms. The van der Waals surface area contributed by atoms with E-state index in [4.69, 9.17) is 4.74 Å². The second kappa shape index (κ2) is 8.35. The fourth-order valence-electron chi connectivity index (χ4n) is 4.43. The third kappa shape index (κ3) is 4.04. The number of nitrogens with zero attached hydrogens (tertiary/aromatic N) is 3. The van der Waals surface area contributed by atoms with E-state index in [-0.39, 0.29) is 29.2 Å². The van der Waals surface area contributed by atoms with E-state index in [1.165, 1.54) is 23.9 Å². The first-order valence-electron chi connectivity index (χ1n) is 10.3. The van der Waals surface area contributed by atoms with Gasteiger partial charge in [-0.05, 0) is 49.9 Å². The van der Waals surface area contributed by atoms with Gasteiger partial charge in [-0.3, -0.25) is 9.59 Å². The molecule has 0 atom stereocenters. The highest BCUT2D eigenvalue weighted by Crippen LogP contribution is 2.29. The molecule has 6 nitrogen and oxygen atoms in total. The lowest BCUT2D eigenvalue weighted by molar-refractivity contribution is -0.136. The van der Waals surface area contributed by atoms with E-state index in [0.717, 1.165) is 25.7 Å². The Morgan fingerprint density at radius 3 is 2.48 bits per heavy atom. The number of carbonyl (C=O) groups excluding carboxylic acids is 1. The Labute approximate surface area is 169 Å². The summed E-state index contributed by atoms with van der Waals surface area (Å²) in [6.07, 6.45) is 5.69. The van der Waals surface area contributed by atoms with Crippen molar-refractivity contribution >= 4 is 5.91 Å². The number of piperidine rings is 1. The minimum atomic E-state index is -0.469. The average molecular weight is 399 g/mol. The lowest BCUT2D eigenvalue weighted by Gasteiger charge is -2.33. The smallest absolute Gasteiger partial charge is 0.267 e. The third-order valence-corrected chi connectivity index (χ3v) is 6.10. The van der Waals surface area contributed by atoms with Crippen LogP contribution in [-0.4, -0.2) is 40.8 Å². The van der Waals surface area contributed by atoms with Gasteiger partial charge < -0.3 is 9.64 Å². The molecular weight excluding hydrogens is 373 g/mol. The van der Waals surface area contributed by atoms with Gasteiger partial charge in [0.1, 0.15) is 0 Å². The van der Waals surface area contributed by atoms with Gasteiger partial charge in [0.15, 0.2) is 11.6 Å². The van der Waals surface area contributed by atoms with Gasteiger partial charge in [0.25, 0.3) is 5.56 Å². The number of halogens is 1. The summed E-state index contributed by atoms with van der Waals surface area (Å²) >= 11 is 0. The monoisotopic (exact) mass is 399 g/mol. The number of aromatic nitrogens is 2. The van der Waals surface area contributed by atoms with Crippen LogP contribution in [0.15, 0.2) is 35.1 Å². The van der Waals surface area contributed by atoms with Crippen LogP contribution in [0, 0.1) is 11.7 Å². The first-order chi connectivity index (χ1) is 14.1. The molecule has 1 saturated carbocycles. The van der Waals surface area contributed by atoms with Gasteiger partial charge in [0.05, 0.1) is 18.8 Å². The van der Waals surface area contributed by atoms with Crippen LogP contribution in [0.4, 0.5) is 4.39 Å². The number of hydrogen-bond acceptors (Lipinski definition) is 4. The van der Waals surface area contributed by atoms with Crippen LogP contribution in [0.25, 0.3) is 11.3 Å². The van der Waals surface area contributed by atoms with Crippen molar-refractivity contribution in [3.05, 3.63) is 46.5 Å². The van der Waals surface area contributed by atoms with Gasteiger partial charge in [-0.2, -0.15) is 5.10 Å². The van der Waals surface area contributed by atoms with Crippen LogP contribution in [-0.2, 0) is 4.79 Å². The highest BCUT2D eigenvalue weighted by Gasteiger charge is 2.31. The van der Waals surface area contributed by atoms with Crippen molar-refractivity contribution in [1.29, 1.82) is 0 Å². The lowest BCUT2D eigenvalue weighted by Crippen LogP contribution is -2.43. The van der Waals surface area contributed by atoms with Gasteiger partial charge in [-0.15, -0.1) is 0 Å². The van der Waals surface area contributed by atoms with E-state index in [0.29, 0.717) is 37.2 Å². The second-order valence-electron chi connectivity index (χ2n) is 7.89. The maximum atomic E-state index is 14.1. The summed E-state index contributed by atoms with van der Waals surface area (Å²) in [5.41, 5.74) is 0.949. The van der Waals surface area contributed by atoms with E-state index >= 15 is 0 Å². The Kier molecular flexibility index (Phi) is 5.65. The minimum Gasteiger partial charge on any atom is -0.494 e. The molecule has 0 radical (unpaired) electrons. The quantitative estimate of drug-likeness (QED) is 0.790. The highest BCUT2D eigenvalue weighted by molar-refractivity contribution is 5.79. The van der Waals surface area contributed by atoms with Crippen LogP contribution in [0.5, 0.6) is 5.75 Å². The molecule has 2 heterocycles. The van der Waals surface area contributed by atoms with Crippen molar-refractivity contribution in [3.63, 3.8) is 0 Å². The largest absolute Gasteiger partial charge is 0.494 e. The first kappa shape index (κ1) is 19.6. The summed E-state index contributed by atoms with van der Waals surface area (Å²) in [7, 11) is 1.42. The number of ether oxygens (including phenoxy) is 1. The number of rotatable bonds is 4. The molecule has 2 aromatic rings. The van der Waals surface area contributed by atoms with Crippen LogP contribution < -0.4 is 10.3 Å². The molecular formula is C22H26FN3O3. The Morgan fingerprint density at radius 1 is 1.10 bits per heavy atom. The lowest BCUT2D eigenvalue weighted by atomic mass is 10.0. The van der Waals surface area contributed by atoms with E-state index < -0.39 is 5.82 Å². The Morgan fingerprint density at radius 2 is 1.83 bits per heavy atom. The van der Waals surface area contributed by atoms with Crippen molar-refractivity contribution in [2.45, 2.75) is 44.6 Å². The summed E-state index contributed by atoms with van der Waals surface area (Å²) in [6, 6.07) is 7.66. The van der Waals surface area contributed by atoms with Crippen molar-refractivity contribution in [2.75, 3.05) is 20.2 Å². The SMILES string of the molecule is COc1ccc(-c2ccc(=O)n(C3CCN(C(=O)C4CCCC4)CC3)n2)cc1F. The predicted molar refractivity (Wildman–Crippen MR) is 107 cm³/mol. The van der Waals surface area contributed by atoms with Gasteiger partial charge >= 0.3 is 0 Å². The topological polar surface area (TPSA) is 64.4 Å². The summed E-state index contributed by atoms with van der Waals surface area (Å²) in [6.45, 7) is 1.30. The van der Waals surface area contributed by atoms with E-state index in [1.54, 1.807) is 18.2 Å². The number of hydrogen-bond donors (Lipinski definition) is 0. The first-order valence-corrected chi connectivity index (χ1v) is 10.3. The van der Waals surface area contributed by atoms with Crippen LogP contribution >= 0.6 is 0 Å². The molecule has 0 unspecified atom stereocenters. The van der Waals surface area contributed by atoms with Gasteiger partial charge in [-0.25, -0.2) is 9.07 Å². The summed E-state index contributed by atoms with van der Waals surface area (Å²) in [5, 5.41) is 4.50. The Balaban J connectivity index is 1.49. The normalized spacial score (nSPS) is 18.2. The zero-order chi connectivity index (χ0) is 20.4. The van der Waals surface area contributed by atoms with E-state index in [9.17, 15) is 14.0 Å². The van der Waals surface area contributed by atoms with Crippen molar-refractivity contribution in [2.24, 2.45) is 5.92 Å². The third-order valence-electron chi connectivity index (χ3n) is 6.10. The maximum absolute atomic E-state index is 14.1. The zero-order valence-corrected chi connectivity index (χ0v) is 16.6. The molecule has 7 heteroatoms. The number of likely N-dealkylation sites (tertiary alicyclic amines) is 1. The predicted octanol–water partition coefficient (Wildman–Crippen LogP) is 3.41. The van der Waals surface area contributed by atoms with Crippen LogP contribution in [0.1, 0.15) is 44.6 Å². The highest BCUT2D eigenvalue weighted by atomic mass is 19.1. The molecule has 29 heavy (non-hydrogen) atoms. The Bertz CT molecular complexity index is 945. The minimum absolute atomic E-state index is 0.0572. The van der Waals surface area contributed by atoms with Gasteiger partial charge in [-0.1, -0.05) is 12.8 Å². The van der Waals surface area contributed by atoms with E-state index in [1.807, 2.05) is 4.90 Å². The van der Waals surface area contributed by atoms with E-state index in [2.05, 4.69) is 5.10 Å². The van der Waals surface area contributed by atoms with Crippen LogP contribution in [0.2, 0.25) is 0 Å². The number of benzene rings is 1. The maximum Gasteiger partial charge on any atom is 0.267 e. The standard InChI is InChI=1S/C22H26FN3O3/c1-29-20-8-6-16(14-18(20)23)19-7-9-21(27)26(24-19)17-10-12-25(13-11-17)22(28)15-4-2-3-5-15/h6-9,14-15,17H,2-5,10-13H2,1H3. The fraction of sp³-hybridized carbons (Fsp3) is 0.500. The molecule has 0 bridgehead atoms. The van der Waals surface area contributed by atoms with Gasteiger partial charge in [0.2, 0.25) is 5.91 Å². The number of carbonyl (C=O) groups is 1. The molecule has 1 aromatic carbocycles. The molecule has 2 fully saturated rings. The number of methoxy groups -OCH3 is 1. The average Bonchev–Trinajstić information content (AvgIpc) is 3.28. The fourth-order valence-corrected chi connectivity index (χ4v) is 4.43. The molecule has 1 aliphatic heterocycles. The molecule has 4 rings (SSSR count). The summed E-state index contributed by atoms with van der Waals surface area (Å²) in [4.78, 5) is 27.0. The molecule has 1 saturated heterocycles. The summed E-state index contributed by atoms with van der Waals surface area (Å²) < 4.78 is 20.5. The molecule has 1 amide bonds. The van der Waals surface area contributed by atoms with Crippen molar-refractivity contribution in [1.82, 2.24) is 14.7 Å². The summed E-state index contributed by atoms with van der Waals surface area (Å²) in [5.74, 6) is 0.147. The molecule has 154 valence electrons. The second-order valence-corrected chi connectivity index (χ2v) is 7.89. The van der Waals surface area contributed by atoms with Crippen molar-refractivity contribution in [3.8, 4) is 17.0 Å². The molecule has 0 N–H and O–H groups in total.